The van der Waals surface area contributed by atoms with E-state index in [2.05, 4.69) is 20.6 Å². The van der Waals surface area contributed by atoms with Crippen LogP contribution in [0.15, 0.2) is 49.1 Å². The summed E-state index contributed by atoms with van der Waals surface area (Å²) in [6.45, 7) is 2.77. The van der Waals surface area contributed by atoms with E-state index in [-0.39, 0.29) is 24.9 Å². The molecule has 0 aliphatic carbocycles. The van der Waals surface area contributed by atoms with Crippen LogP contribution in [-0.2, 0) is 9.59 Å². The van der Waals surface area contributed by atoms with Gasteiger partial charge in [-0.1, -0.05) is 0 Å². The highest BCUT2D eigenvalue weighted by molar-refractivity contribution is 5.83. The third kappa shape index (κ3) is 4.92. The first kappa shape index (κ1) is 17.7. The van der Waals surface area contributed by atoms with Crippen LogP contribution in [0, 0.1) is 0 Å². The number of pyridine rings is 2. The Bertz CT molecular complexity index is 653. The van der Waals surface area contributed by atoms with Crippen molar-refractivity contribution in [1.29, 1.82) is 0 Å². The summed E-state index contributed by atoms with van der Waals surface area (Å²) in [6, 6.07) is 7.51. The predicted octanol–water partition coefficient (Wildman–Crippen LogP) is -0.490. The highest BCUT2D eigenvalue weighted by atomic mass is 16.2. The molecule has 8 heteroatoms. The van der Waals surface area contributed by atoms with Gasteiger partial charge < -0.3 is 20.4 Å². The molecule has 136 valence electrons. The summed E-state index contributed by atoms with van der Waals surface area (Å²) in [5.41, 5.74) is 1.80. The third-order valence-corrected chi connectivity index (χ3v) is 4.31. The molecule has 1 aliphatic heterocycles. The lowest BCUT2D eigenvalue weighted by Crippen LogP contribution is -2.52. The molecule has 0 unspecified atom stereocenters. The summed E-state index contributed by atoms with van der Waals surface area (Å²) in [5, 5.41) is 6.22. The van der Waals surface area contributed by atoms with Gasteiger partial charge in [-0.05, 0) is 0 Å². The largest absolute Gasteiger partial charge is 0.376 e. The maximum atomic E-state index is 12.3. The topological polar surface area (TPSA) is 93.0 Å². The van der Waals surface area contributed by atoms with Crippen molar-refractivity contribution in [3.05, 3.63) is 49.1 Å². The predicted molar refractivity (Wildman–Crippen MR) is 96.1 cm³/mol. The Morgan fingerprint density at radius 1 is 0.731 bits per heavy atom. The zero-order valence-electron chi connectivity index (χ0n) is 14.6. The summed E-state index contributed by atoms with van der Waals surface area (Å²) in [4.78, 5) is 34.1. The second kappa shape index (κ2) is 8.80. The minimum atomic E-state index is 0.0450. The second-order valence-corrected chi connectivity index (χ2v) is 6.05. The molecule has 2 amide bonds. The molecule has 3 heterocycles. The van der Waals surface area contributed by atoms with E-state index in [1.54, 1.807) is 34.6 Å². The van der Waals surface area contributed by atoms with Crippen molar-refractivity contribution in [3.8, 4) is 0 Å². The second-order valence-electron chi connectivity index (χ2n) is 6.05. The number of rotatable bonds is 6. The van der Waals surface area contributed by atoms with E-state index in [9.17, 15) is 9.59 Å². The molecule has 0 saturated carbocycles. The van der Waals surface area contributed by atoms with Crippen molar-refractivity contribution in [2.45, 2.75) is 0 Å². The smallest absolute Gasteiger partial charge is 0.241 e. The Hall–Kier alpha value is -3.16. The molecule has 8 nitrogen and oxygen atoms in total. The number of H-pyrrole nitrogens is 2. The lowest BCUT2D eigenvalue weighted by atomic mass is 10.3. The van der Waals surface area contributed by atoms with E-state index < -0.39 is 0 Å². The molecule has 0 spiro atoms. The number of aromatic nitrogens is 2. The van der Waals surface area contributed by atoms with Crippen molar-refractivity contribution in [3.63, 3.8) is 0 Å². The van der Waals surface area contributed by atoms with Crippen LogP contribution in [0.4, 0.5) is 11.4 Å². The fourth-order valence-electron chi connectivity index (χ4n) is 2.79. The van der Waals surface area contributed by atoms with E-state index in [1.165, 1.54) is 0 Å². The maximum absolute atomic E-state index is 12.3. The lowest BCUT2D eigenvalue weighted by Gasteiger charge is -2.35. The third-order valence-electron chi connectivity index (χ3n) is 4.31. The van der Waals surface area contributed by atoms with E-state index in [4.69, 9.17) is 0 Å². The van der Waals surface area contributed by atoms with Crippen molar-refractivity contribution in [1.82, 2.24) is 9.80 Å². The first-order valence-electron chi connectivity index (χ1n) is 8.68. The van der Waals surface area contributed by atoms with Crippen LogP contribution in [0.1, 0.15) is 0 Å². The van der Waals surface area contributed by atoms with Crippen LogP contribution in [0.25, 0.3) is 0 Å². The highest BCUT2D eigenvalue weighted by Crippen LogP contribution is 2.06. The number of aromatic amines is 2. The van der Waals surface area contributed by atoms with Crippen LogP contribution in [-0.4, -0.2) is 60.9 Å². The van der Waals surface area contributed by atoms with Gasteiger partial charge in [-0.25, -0.2) is 9.97 Å². The lowest BCUT2D eigenvalue weighted by molar-refractivity contribution is -0.378. The van der Waals surface area contributed by atoms with Gasteiger partial charge in [-0.15, -0.1) is 0 Å². The molecule has 1 saturated heterocycles. The SMILES string of the molecule is O=C(CNc1cc[nH+]cc1)N1CCN(C(=O)CNc2cc[nH+]cc2)CC1. The van der Waals surface area contributed by atoms with Crippen LogP contribution < -0.4 is 20.6 Å². The minimum Gasteiger partial charge on any atom is -0.376 e. The summed E-state index contributed by atoms with van der Waals surface area (Å²) in [7, 11) is 0. The molecule has 2 aromatic rings. The number of amides is 2. The molecular formula is C18H24N6O2+2. The van der Waals surface area contributed by atoms with Gasteiger partial charge in [0.1, 0.15) is 0 Å². The highest BCUT2D eigenvalue weighted by Gasteiger charge is 2.23. The summed E-state index contributed by atoms with van der Waals surface area (Å²) >= 11 is 0. The zero-order chi connectivity index (χ0) is 18.2. The molecule has 2 aromatic heterocycles. The number of hydrogen-bond donors (Lipinski definition) is 2. The van der Waals surface area contributed by atoms with Gasteiger partial charge >= 0.3 is 0 Å². The number of nitrogens with one attached hydrogen (secondary N) is 4. The molecule has 0 bridgehead atoms. The molecule has 3 rings (SSSR count). The van der Waals surface area contributed by atoms with Gasteiger partial charge in [0.25, 0.3) is 0 Å². The van der Waals surface area contributed by atoms with E-state index in [1.807, 2.05) is 24.3 Å². The Morgan fingerprint density at radius 2 is 1.08 bits per heavy atom. The number of carbonyl (C=O) groups excluding carboxylic acids is 2. The monoisotopic (exact) mass is 356 g/mol. The number of nitrogens with zero attached hydrogens (tertiary/aromatic N) is 2. The molecule has 0 radical (unpaired) electrons. The summed E-state index contributed by atoms with van der Waals surface area (Å²) < 4.78 is 0. The standard InChI is InChI=1S/C18H22N6O2/c25-17(13-21-15-1-5-19-6-2-15)23-9-11-24(12-10-23)18(26)14-22-16-3-7-20-8-4-16/h1-8H,9-14H2,(H,19,21)(H,20,22)/p+2. The van der Waals surface area contributed by atoms with Gasteiger partial charge in [0.15, 0.2) is 24.8 Å². The normalized spacial score (nSPS) is 14.0. The number of piperazine rings is 1. The molecule has 26 heavy (non-hydrogen) atoms. The average molecular weight is 356 g/mol. The zero-order valence-corrected chi connectivity index (χ0v) is 14.6. The minimum absolute atomic E-state index is 0.0450. The van der Waals surface area contributed by atoms with E-state index in [0.717, 1.165) is 11.4 Å². The fraction of sp³-hybridized carbons (Fsp3) is 0.333. The average Bonchev–Trinajstić information content (AvgIpc) is 2.72. The van der Waals surface area contributed by atoms with Crippen LogP contribution in [0.3, 0.4) is 0 Å². The van der Waals surface area contributed by atoms with Crippen LogP contribution >= 0.6 is 0 Å². The van der Waals surface area contributed by atoms with Gasteiger partial charge in [0.05, 0.1) is 13.1 Å². The van der Waals surface area contributed by atoms with Crippen molar-refractivity contribution in [2.24, 2.45) is 0 Å². The Morgan fingerprint density at radius 3 is 1.42 bits per heavy atom. The molecule has 0 atom stereocenters. The Kier molecular flexibility index (Phi) is 5.97. The number of carbonyl (C=O) groups is 2. The van der Waals surface area contributed by atoms with Gasteiger partial charge in [-0.3, -0.25) is 9.59 Å². The molecular weight excluding hydrogens is 332 g/mol. The van der Waals surface area contributed by atoms with Crippen molar-refractivity contribution < 1.29 is 19.6 Å². The van der Waals surface area contributed by atoms with Gasteiger partial charge in [0.2, 0.25) is 11.8 Å². The summed E-state index contributed by atoms with van der Waals surface area (Å²) in [6.07, 6.45) is 7.22. The van der Waals surface area contributed by atoms with E-state index in [0.29, 0.717) is 26.2 Å². The number of anilines is 2. The quantitative estimate of drug-likeness (QED) is 0.730. The Balaban J connectivity index is 1.39. The summed E-state index contributed by atoms with van der Waals surface area (Å²) in [5.74, 6) is 0.0900. The van der Waals surface area contributed by atoms with E-state index >= 15 is 0 Å². The van der Waals surface area contributed by atoms with Gasteiger partial charge in [0, 0.05) is 61.8 Å². The molecule has 4 N–H and O–H groups in total. The van der Waals surface area contributed by atoms with Crippen LogP contribution in [0.2, 0.25) is 0 Å². The number of hydrogen-bond acceptors (Lipinski definition) is 4. The van der Waals surface area contributed by atoms with Gasteiger partial charge in [-0.2, -0.15) is 0 Å². The molecule has 1 fully saturated rings. The Labute approximate surface area is 152 Å². The van der Waals surface area contributed by atoms with Crippen molar-refractivity contribution in [2.75, 3.05) is 49.9 Å². The first-order valence-corrected chi connectivity index (χ1v) is 8.68. The maximum Gasteiger partial charge on any atom is 0.241 e. The molecule has 1 aliphatic rings. The fourth-order valence-corrected chi connectivity index (χ4v) is 2.79. The van der Waals surface area contributed by atoms with Crippen molar-refractivity contribution >= 4 is 23.2 Å². The molecule has 0 aromatic carbocycles. The van der Waals surface area contributed by atoms with Crippen LogP contribution in [0.5, 0.6) is 0 Å². The first-order chi connectivity index (χ1) is 12.7.